The highest BCUT2D eigenvalue weighted by molar-refractivity contribution is 9.09. The topological polar surface area (TPSA) is 29.1 Å². The number of carbonyl (C=O) groups is 1. The van der Waals surface area contributed by atoms with Crippen LogP contribution in [0.15, 0.2) is 0 Å². The average Bonchev–Trinajstić information content (AvgIpc) is 2.91. The molecule has 2 aliphatic carbocycles. The lowest BCUT2D eigenvalue weighted by Crippen LogP contribution is -2.51. The Bertz CT molecular complexity index is 268. The third kappa shape index (κ3) is 3.97. The molecule has 0 aromatic rings. The van der Waals surface area contributed by atoms with Crippen molar-refractivity contribution in [2.75, 3.05) is 5.33 Å². The van der Waals surface area contributed by atoms with Crippen LogP contribution >= 0.6 is 15.9 Å². The minimum absolute atomic E-state index is 0.0605. The Labute approximate surface area is 119 Å². The molecule has 0 aliphatic heterocycles. The van der Waals surface area contributed by atoms with Gasteiger partial charge in [0.1, 0.15) is 0 Å². The third-order valence-electron chi connectivity index (χ3n) is 4.73. The summed E-state index contributed by atoms with van der Waals surface area (Å²) in [4.78, 5) is 12.1. The molecule has 0 aromatic carbocycles. The van der Waals surface area contributed by atoms with E-state index in [0.717, 1.165) is 36.9 Å². The van der Waals surface area contributed by atoms with Gasteiger partial charge in [0.2, 0.25) is 5.91 Å². The molecule has 0 bridgehead atoms. The highest BCUT2D eigenvalue weighted by atomic mass is 79.9. The molecule has 0 spiro atoms. The molecule has 3 heteroatoms. The Morgan fingerprint density at radius 1 is 1.11 bits per heavy atom. The zero-order chi connectivity index (χ0) is 12.8. The number of alkyl halides is 1. The zero-order valence-corrected chi connectivity index (χ0v) is 12.9. The van der Waals surface area contributed by atoms with Crippen LogP contribution < -0.4 is 5.32 Å². The van der Waals surface area contributed by atoms with Gasteiger partial charge in [0.05, 0.1) is 0 Å². The zero-order valence-electron chi connectivity index (χ0n) is 11.3. The molecule has 2 fully saturated rings. The summed E-state index contributed by atoms with van der Waals surface area (Å²) >= 11 is 3.60. The van der Waals surface area contributed by atoms with Gasteiger partial charge in [-0.1, -0.05) is 60.9 Å². The summed E-state index contributed by atoms with van der Waals surface area (Å²) in [5.74, 6) is 1.10. The van der Waals surface area contributed by atoms with Crippen molar-refractivity contribution in [1.29, 1.82) is 0 Å². The summed E-state index contributed by atoms with van der Waals surface area (Å²) in [6, 6.07) is 0. The molecule has 0 radical (unpaired) electrons. The molecule has 104 valence electrons. The van der Waals surface area contributed by atoms with E-state index in [2.05, 4.69) is 21.2 Å². The van der Waals surface area contributed by atoms with Gasteiger partial charge in [0.25, 0.3) is 0 Å². The predicted molar refractivity (Wildman–Crippen MR) is 78.9 cm³/mol. The van der Waals surface area contributed by atoms with Gasteiger partial charge in [-0.05, 0) is 25.2 Å². The van der Waals surface area contributed by atoms with E-state index >= 15 is 0 Å². The van der Waals surface area contributed by atoms with E-state index in [1.165, 1.54) is 44.9 Å². The molecular weight excluding hydrogens is 290 g/mol. The SMILES string of the molecule is O=C(CCC1CCCC1)NC1(CBr)CCCCC1. The van der Waals surface area contributed by atoms with Crippen LogP contribution in [0.25, 0.3) is 0 Å². The molecule has 0 saturated heterocycles. The van der Waals surface area contributed by atoms with E-state index in [1.54, 1.807) is 0 Å². The molecule has 2 rings (SSSR count). The fourth-order valence-corrected chi connectivity index (χ4v) is 4.21. The van der Waals surface area contributed by atoms with E-state index in [4.69, 9.17) is 0 Å². The predicted octanol–water partition coefficient (Wildman–Crippen LogP) is 4.17. The van der Waals surface area contributed by atoms with Crippen molar-refractivity contribution in [1.82, 2.24) is 5.32 Å². The molecule has 1 N–H and O–H groups in total. The van der Waals surface area contributed by atoms with Crippen molar-refractivity contribution >= 4 is 21.8 Å². The van der Waals surface area contributed by atoms with Crippen LogP contribution in [0.5, 0.6) is 0 Å². The van der Waals surface area contributed by atoms with Gasteiger partial charge in [-0.25, -0.2) is 0 Å². The van der Waals surface area contributed by atoms with Gasteiger partial charge in [0, 0.05) is 17.3 Å². The Morgan fingerprint density at radius 2 is 1.78 bits per heavy atom. The molecule has 2 aliphatic rings. The lowest BCUT2D eigenvalue weighted by Gasteiger charge is -2.36. The summed E-state index contributed by atoms with van der Waals surface area (Å²) < 4.78 is 0. The van der Waals surface area contributed by atoms with Gasteiger partial charge < -0.3 is 5.32 Å². The summed E-state index contributed by atoms with van der Waals surface area (Å²) in [5, 5.41) is 4.23. The number of nitrogens with one attached hydrogen (secondary N) is 1. The highest BCUT2D eigenvalue weighted by Crippen LogP contribution is 2.31. The average molecular weight is 316 g/mol. The van der Waals surface area contributed by atoms with Gasteiger partial charge in [-0.3, -0.25) is 4.79 Å². The second-order valence-corrected chi connectivity index (χ2v) is 6.77. The number of hydrogen-bond donors (Lipinski definition) is 1. The van der Waals surface area contributed by atoms with Crippen molar-refractivity contribution in [2.24, 2.45) is 5.92 Å². The van der Waals surface area contributed by atoms with Crippen LogP contribution in [0.3, 0.4) is 0 Å². The first-order chi connectivity index (χ1) is 8.74. The molecule has 18 heavy (non-hydrogen) atoms. The van der Waals surface area contributed by atoms with E-state index in [9.17, 15) is 4.79 Å². The standard InChI is InChI=1S/C15H26BrNO/c16-12-15(10-4-1-5-11-15)17-14(18)9-8-13-6-2-3-7-13/h13H,1-12H2,(H,17,18). The molecule has 0 heterocycles. The molecule has 0 aromatic heterocycles. The van der Waals surface area contributed by atoms with Crippen LogP contribution in [-0.4, -0.2) is 16.8 Å². The minimum Gasteiger partial charge on any atom is -0.350 e. The lowest BCUT2D eigenvalue weighted by atomic mass is 9.83. The maximum Gasteiger partial charge on any atom is 0.220 e. The molecule has 2 nitrogen and oxygen atoms in total. The summed E-state index contributed by atoms with van der Waals surface area (Å²) in [5.41, 5.74) is 0.0605. The number of halogens is 1. The van der Waals surface area contributed by atoms with Crippen LogP contribution in [0.4, 0.5) is 0 Å². The summed E-state index contributed by atoms with van der Waals surface area (Å²) in [6.45, 7) is 0. The Balaban J connectivity index is 1.74. The van der Waals surface area contributed by atoms with E-state index < -0.39 is 0 Å². The fourth-order valence-electron chi connectivity index (χ4n) is 3.51. The van der Waals surface area contributed by atoms with Gasteiger partial charge in [-0.15, -0.1) is 0 Å². The number of rotatable bonds is 5. The van der Waals surface area contributed by atoms with Crippen molar-refractivity contribution in [3.8, 4) is 0 Å². The third-order valence-corrected chi connectivity index (χ3v) is 5.80. The normalized spacial score (nSPS) is 24.1. The quantitative estimate of drug-likeness (QED) is 0.758. The number of amides is 1. The first-order valence-corrected chi connectivity index (χ1v) is 8.73. The van der Waals surface area contributed by atoms with Crippen molar-refractivity contribution in [3.05, 3.63) is 0 Å². The maximum absolute atomic E-state index is 12.1. The molecule has 0 atom stereocenters. The fraction of sp³-hybridized carbons (Fsp3) is 0.933. The van der Waals surface area contributed by atoms with Gasteiger partial charge >= 0.3 is 0 Å². The van der Waals surface area contributed by atoms with Crippen LogP contribution in [0, 0.1) is 5.92 Å². The van der Waals surface area contributed by atoms with Gasteiger partial charge in [-0.2, -0.15) is 0 Å². The first kappa shape index (κ1) is 14.4. The summed E-state index contributed by atoms with van der Waals surface area (Å²) in [6.07, 6.45) is 13.4. The first-order valence-electron chi connectivity index (χ1n) is 7.61. The van der Waals surface area contributed by atoms with E-state index in [-0.39, 0.29) is 11.4 Å². The van der Waals surface area contributed by atoms with Crippen molar-refractivity contribution in [3.63, 3.8) is 0 Å². The molecule has 1 amide bonds. The van der Waals surface area contributed by atoms with Gasteiger partial charge in [0.15, 0.2) is 0 Å². The molecule has 0 unspecified atom stereocenters. The lowest BCUT2D eigenvalue weighted by molar-refractivity contribution is -0.123. The Morgan fingerprint density at radius 3 is 2.39 bits per heavy atom. The number of carbonyl (C=O) groups excluding carboxylic acids is 1. The van der Waals surface area contributed by atoms with E-state index in [0.29, 0.717) is 0 Å². The monoisotopic (exact) mass is 315 g/mol. The van der Waals surface area contributed by atoms with Crippen LogP contribution in [-0.2, 0) is 4.79 Å². The highest BCUT2D eigenvalue weighted by Gasteiger charge is 2.32. The Hall–Kier alpha value is -0.0500. The smallest absolute Gasteiger partial charge is 0.220 e. The molecular formula is C15H26BrNO. The van der Waals surface area contributed by atoms with Crippen LogP contribution in [0.2, 0.25) is 0 Å². The van der Waals surface area contributed by atoms with Crippen molar-refractivity contribution in [2.45, 2.75) is 76.2 Å². The second kappa shape index (κ2) is 6.93. The largest absolute Gasteiger partial charge is 0.350 e. The number of hydrogen-bond acceptors (Lipinski definition) is 1. The van der Waals surface area contributed by atoms with Crippen molar-refractivity contribution < 1.29 is 4.79 Å². The minimum atomic E-state index is 0.0605. The molecule has 2 saturated carbocycles. The Kier molecular flexibility index (Phi) is 5.53. The second-order valence-electron chi connectivity index (χ2n) is 6.21. The van der Waals surface area contributed by atoms with Crippen LogP contribution in [0.1, 0.15) is 70.6 Å². The van der Waals surface area contributed by atoms with E-state index in [1.807, 2.05) is 0 Å². The maximum atomic E-state index is 12.1. The summed E-state index contributed by atoms with van der Waals surface area (Å²) in [7, 11) is 0.